The standard InChI is InChI=1S/C26H31N3O8S2/c1-16(30)35-8-7-21-13-28-26(38-21)22-10-17-9-19(36-18-5-6-24(27-12-18)39(4,31)32)11-23(25(17)29-22)37-20(14-33-2)15-34-3/h5-6,9-12,20-21,29H,7-8,13-15H2,1-4H3. The van der Waals surface area contributed by atoms with Crippen LogP contribution in [0.15, 0.2) is 46.5 Å². The van der Waals surface area contributed by atoms with E-state index in [4.69, 9.17) is 23.7 Å². The summed E-state index contributed by atoms with van der Waals surface area (Å²) in [5.74, 6) is 1.09. The van der Waals surface area contributed by atoms with Crippen molar-refractivity contribution in [2.75, 3.05) is 46.8 Å². The van der Waals surface area contributed by atoms with Crippen LogP contribution in [0.5, 0.6) is 17.2 Å². The van der Waals surface area contributed by atoms with Crippen LogP contribution in [0.25, 0.3) is 10.9 Å². The molecule has 1 aromatic carbocycles. The molecule has 1 aliphatic rings. The van der Waals surface area contributed by atoms with Crippen LogP contribution >= 0.6 is 11.8 Å². The predicted molar refractivity (Wildman–Crippen MR) is 148 cm³/mol. The number of nitrogens with zero attached hydrogens (tertiary/aromatic N) is 2. The van der Waals surface area contributed by atoms with Gasteiger partial charge < -0.3 is 28.7 Å². The van der Waals surface area contributed by atoms with E-state index in [-0.39, 0.29) is 22.3 Å². The zero-order valence-corrected chi connectivity index (χ0v) is 23.8. The molecule has 0 radical (unpaired) electrons. The fourth-order valence-electron chi connectivity index (χ4n) is 3.95. The zero-order valence-electron chi connectivity index (χ0n) is 22.1. The SMILES string of the molecule is COCC(COC)Oc1cc(Oc2ccc(S(C)(=O)=O)nc2)cc2cc(C3=NCC(CCOC(C)=O)S3)[nH]c12. The number of rotatable bonds is 13. The molecule has 11 nitrogen and oxygen atoms in total. The number of aromatic amines is 1. The van der Waals surface area contributed by atoms with Gasteiger partial charge in [0.25, 0.3) is 0 Å². The van der Waals surface area contributed by atoms with Crippen molar-refractivity contribution < 1.29 is 36.9 Å². The summed E-state index contributed by atoms with van der Waals surface area (Å²) in [6.45, 7) is 3.03. The van der Waals surface area contributed by atoms with Crippen molar-refractivity contribution in [3.63, 3.8) is 0 Å². The van der Waals surface area contributed by atoms with Crippen LogP contribution in [0.4, 0.5) is 0 Å². The van der Waals surface area contributed by atoms with E-state index in [2.05, 4.69) is 15.0 Å². The van der Waals surface area contributed by atoms with Gasteiger partial charge >= 0.3 is 5.97 Å². The average molecular weight is 578 g/mol. The molecule has 1 atom stereocenters. The van der Waals surface area contributed by atoms with E-state index in [1.54, 1.807) is 38.1 Å². The maximum Gasteiger partial charge on any atom is 0.302 e. The van der Waals surface area contributed by atoms with Gasteiger partial charge in [-0.25, -0.2) is 13.4 Å². The number of pyridine rings is 1. The number of benzene rings is 1. The molecule has 0 saturated carbocycles. The maximum absolute atomic E-state index is 11.7. The van der Waals surface area contributed by atoms with Crippen molar-refractivity contribution >= 4 is 43.5 Å². The Balaban J connectivity index is 1.61. The summed E-state index contributed by atoms with van der Waals surface area (Å²) in [5, 5.41) is 1.87. The van der Waals surface area contributed by atoms with Gasteiger partial charge in [0, 0.05) is 44.1 Å². The van der Waals surface area contributed by atoms with Gasteiger partial charge in [-0.3, -0.25) is 9.79 Å². The number of thioether (sulfide) groups is 1. The molecule has 0 saturated heterocycles. The summed E-state index contributed by atoms with van der Waals surface area (Å²) < 4.78 is 51.4. The summed E-state index contributed by atoms with van der Waals surface area (Å²) in [5.41, 5.74) is 1.59. The number of aliphatic imine (C=N–C) groups is 1. The molecule has 2 aromatic heterocycles. The number of carbonyl (C=O) groups excluding carboxylic acids is 1. The van der Waals surface area contributed by atoms with E-state index in [0.29, 0.717) is 50.0 Å². The number of H-pyrrole nitrogens is 1. The first kappa shape index (κ1) is 28.9. The molecule has 1 aliphatic heterocycles. The largest absolute Gasteiger partial charge is 0.483 e. The van der Waals surface area contributed by atoms with Gasteiger partial charge in [-0.1, -0.05) is 11.8 Å². The van der Waals surface area contributed by atoms with Crippen LogP contribution in [0, 0.1) is 0 Å². The van der Waals surface area contributed by atoms with Crippen LogP contribution in [-0.2, 0) is 28.8 Å². The summed E-state index contributed by atoms with van der Waals surface area (Å²) >= 11 is 1.63. The number of sulfone groups is 1. The Kier molecular flexibility index (Phi) is 9.49. The lowest BCUT2D eigenvalue weighted by Gasteiger charge is -2.19. The van der Waals surface area contributed by atoms with Gasteiger partial charge in [0.2, 0.25) is 0 Å². The quantitative estimate of drug-likeness (QED) is 0.300. The number of ether oxygens (including phenoxy) is 5. The first-order valence-corrected chi connectivity index (χ1v) is 14.9. The summed E-state index contributed by atoms with van der Waals surface area (Å²) in [7, 11) is -0.237. The van der Waals surface area contributed by atoms with Crippen LogP contribution in [0.2, 0.25) is 0 Å². The lowest BCUT2D eigenvalue weighted by atomic mass is 10.2. The topological polar surface area (TPSA) is 138 Å². The van der Waals surface area contributed by atoms with E-state index in [1.807, 2.05) is 12.1 Å². The number of carbonyl (C=O) groups is 1. The van der Waals surface area contributed by atoms with Crippen LogP contribution < -0.4 is 9.47 Å². The van der Waals surface area contributed by atoms with Gasteiger partial charge in [0.15, 0.2) is 14.9 Å². The molecule has 1 unspecified atom stereocenters. The third kappa shape index (κ3) is 7.72. The lowest BCUT2D eigenvalue weighted by molar-refractivity contribution is -0.141. The molecule has 13 heteroatoms. The molecule has 0 bridgehead atoms. The predicted octanol–water partition coefficient (Wildman–Crippen LogP) is 3.61. The monoisotopic (exact) mass is 577 g/mol. The van der Waals surface area contributed by atoms with Crippen molar-refractivity contribution in [3.8, 4) is 17.2 Å². The minimum Gasteiger partial charge on any atom is -0.483 e. The molecule has 1 N–H and O–H groups in total. The highest BCUT2D eigenvalue weighted by molar-refractivity contribution is 8.15. The molecule has 0 fully saturated rings. The first-order valence-electron chi connectivity index (χ1n) is 12.2. The number of nitrogens with one attached hydrogen (secondary N) is 1. The number of hydrogen-bond donors (Lipinski definition) is 1. The summed E-state index contributed by atoms with van der Waals surface area (Å²) in [6.07, 6.45) is 2.81. The average Bonchev–Trinajstić information content (AvgIpc) is 3.51. The molecule has 3 heterocycles. The number of methoxy groups -OCH3 is 2. The van der Waals surface area contributed by atoms with Crippen LogP contribution in [0.3, 0.4) is 0 Å². The Morgan fingerprint density at radius 2 is 1.92 bits per heavy atom. The first-order chi connectivity index (χ1) is 18.7. The van der Waals surface area contributed by atoms with Crippen molar-refractivity contribution in [1.82, 2.24) is 9.97 Å². The van der Waals surface area contributed by atoms with Crippen LogP contribution in [-0.4, -0.2) is 87.6 Å². The van der Waals surface area contributed by atoms with E-state index < -0.39 is 9.84 Å². The minimum atomic E-state index is -3.42. The Hall–Kier alpha value is -3.13. The molecule has 4 rings (SSSR count). The summed E-state index contributed by atoms with van der Waals surface area (Å²) in [6, 6.07) is 8.52. The van der Waals surface area contributed by atoms with Gasteiger partial charge in [-0.05, 0) is 30.7 Å². The lowest BCUT2D eigenvalue weighted by Crippen LogP contribution is -2.27. The molecule has 0 aliphatic carbocycles. The molecule has 3 aromatic rings. The second-order valence-electron chi connectivity index (χ2n) is 8.94. The molecular formula is C26H31N3O8S2. The van der Waals surface area contributed by atoms with Crippen molar-refractivity contribution in [2.45, 2.75) is 29.7 Å². The second-order valence-corrected chi connectivity index (χ2v) is 12.2. The van der Waals surface area contributed by atoms with Gasteiger partial charge in [-0.2, -0.15) is 0 Å². The van der Waals surface area contributed by atoms with Crippen molar-refractivity contribution in [1.29, 1.82) is 0 Å². The van der Waals surface area contributed by atoms with E-state index in [1.165, 1.54) is 19.2 Å². The molecule has 210 valence electrons. The Morgan fingerprint density at radius 1 is 1.15 bits per heavy atom. The highest BCUT2D eigenvalue weighted by atomic mass is 32.2. The number of hydrogen-bond acceptors (Lipinski definition) is 11. The van der Waals surface area contributed by atoms with Crippen LogP contribution in [0.1, 0.15) is 19.0 Å². The molecule has 39 heavy (non-hydrogen) atoms. The maximum atomic E-state index is 11.7. The van der Waals surface area contributed by atoms with E-state index in [0.717, 1.165) is 27.9 Å². The number of esters is 1. The third-order valence-corrected chi connectivity index (χ3v) is 7.97. The van der Waals surface area contributed by atoms with Gasteiger partial charge in [-0.15, -0.1) is 0 Å². The summed E-state index contributed by atoms with van der Waals surface area (Å²) in [4.78, 5) is 23.2. The number of aromatic nitrogens is 2. The normalized spacial score (nSPS) is 15.5. The molecule has 0 spiro atoms. The molecule has 0 amide bonds. The zero-order chi connectivity index (χ0) is 28.0. The number of fused-ring (bicyclic) bond motifs is 1. The van der Waals surface area contributed by atoms with Gasteiger partial charge in [0.1, 0.15) is 28.4 Å². The minimum absolute atomic E-state index is 0.0347. The van der Waals surface area contributed by atoms with Crippen molar-refractivity contribution in [3.05, 3.63) is 42.2 Å². The smallest absolute Gasteiger partial charge is 0.302 e. The Labute approximate surface area is 231 Å². The van der Waals surface area contributed by atoms with Gasteiger partial charge in [0.05, 0.1) is 43.8 Å². The fraction of sp³-hybridized carbons (Fsp3) is 0.423. The molecular weight excluding hydrogens is 546 g/mol. The van der Waals surface area contributed by atoms with E-state index in [9.17, 15) is 13.2 Å². The third-order valence-electron chi connectivity index (χ3n) is 5.68. The highest BCUT2D eigenvalue weighted by Crippen LogP contribution is 2.36. The van der Waals surface area contributed by atoms with Crippen molar-refractivity contribution in [2.24, 2.45) is 4.99 Å². The van der Waals surface area contributed by atoms with E-state index >= 15 is 0 Å². The Morgan fingerprint density at radius 3 is 2.56 bits per heavy atom. The Bertz CT molecular complexity index is 1430. The highest BCUT2D eigenvalue weighted by Gasteiger charge is 2.24. The second kappa shape index (κ2) is 12.8. The fourth-order valence-corrected chi connectivity index (χ4v) is 5.58.